The minimum Gasteiger partial charge on any atom is -0.508 e. The van der Waals surface area contributed by atoms with Gasteiger partial charge in [0, 0.05) is 32.1 Å². The minimum absolute atomic E-state index is 0.0630. The average molecular weight is 326 g/mol. The molecule has 1 fully saturated rings. The Balaban J connectivity index is 1.69. The maximum absolute atomic E-state index is 12.8. The van der Waals surface area contributed by atoms with E-state index in [4.69, 9.17) is 4.74 Å². The van der Waals surface area contributed by atoms with Gasteiger partial charge in [0.1, 0.15) is 5.75 Å². The number of nitrogens with zero attached hydrogens (tertiary/aromatic N) is 2. The molecule has 3 rings (SSSR count). The molecule has 1 aliphatic heterocycles. The zero-order chi connectivity index (χ0) is 16.8. The van der Waals surface area contributed by atoms with Gasteiger partial charge in [0.15, 0.2) is 0 Å². The topological polar surface area (TPSA) is 62.7 Å². The first kappa shape index (κ1) is 16.5. The minimum atomic E-state index is 0.0630. The Labute approximate surface area is 141 Å². The second kappa shape index (κ2) is 7.93. The molecule has 1 N–H and O–H groups in total. The number of aromatic hydroxyl groups is 1. The molecule has 1 saturated heterocycles. The number of phenols is 1. The summed E-state index contributed by atoms with van der Waals surface area (Å²) in [5, 5.41) is 9.37. The Hall–Kier alpha value is -2.40. The monoisotopic (exact) mass is 326 g/mol. The standard InChI is InChI=1S/C19H22N2O3/c22-17-5-3-15(4-6-17)12-19(23)21(14-18-2-1-11-24-18)13-16-7-9-20-10-8-16/h3-10,18,22H,1-2,11-14H2/t18-/m0/s1. The van der Waals surface area contributed by atoms with Crippen LogP contribution >= 0.6 is 0 Å². The van der Waals surface area contributed by atoms with Crippen molar-refractivity contribution in [1.82, 2.24) is 9.88 Å². The molecule has 0 spiro atoms. The van der Waals surface area contributed by atoms with E-state index >= 15 is 0 Å². The normalized spacial score (nSPS) is 16.9. The summed E-state index contributed by atoms with van der Waals surface area (Å²) < 4.78 is 5.70. The van der Waals surface area contributed by atoms with E-state index in [2.05, 4.69) is 4.98 Å². The Morgan fingerprint density at radius 1 is 1.17 bits per heavy atom. The molecule has 1 atom stereocenters. The van der Waals surface area contributed by atoms with Gasteiger partial charge in [-0.2, -0.15) is 0 Å². The van der Waals surface area contributed by atoms with Crippen molar-refractivity contribution in [2.24, 2.45) is 0 Å². The molecule has 1 amide bonds. The predicted octanol–water partition coefficient (Wildman–Crippen LogP) is 2.54. The van der Waals surface area contributed by atoms with E-state index in [0.717, 1.165) is 30.6 Å². The zero-order valence-corrected chi connectivity index (χ0v) is 13.6. The second-order valence-electron chi connectivity index (χ2n) is 6.11. The van der Waals surface area contributed by atoms with Crippen LogP contribution in [0.25, 0.3) is 0 Å². The number of pyridine rings is 1. The first-order chi connectivity index (χ1) is 11.7. The number of aromatic nitrogens is 1. The third-order valence-electron chi connectivity index (χ3n) is 4.22. The molecule has 2 aromatic rings. The van der Waals surface area contributed by atoms with Crippen molar-refractivity contribution >= 4 is 5.91 Å². The Morgan fingerprint density at radius 2 is 1.92 bits per heavy atom. The van der Waals surface area contributed by atoms with Crippen molar-refractivity contribution in [2.45, 2.75) is 31.9 Å². The summed E-state index contributed by atoms with van der Waals surface area (Å²) in [6.07, 6.45) is 5.97. The summed E-state index contributed by atoms with van der Waals surface area (Å²) >= 11 is 0. The van der Waals surface area contributed by atoms with Crippen molar-refractivity contribution in [1.29, 1.82) is 0 Å². The lowest BCUT2D eigenvalue weighted by Gasteiger charge is -2.26. The molecule has 1 aromatic heterocycles. The van der Waals surface area contributed by atoms with Gasteiger partial charge < -0.3 is 14.7 Å². The van der Waals surface area contributed by atoms with Crippen molar-refractivity contribution in [3.8, 4) is 5.75 Å². The number of carbonyl (C=O) groups excluding carboxylic acids is 1. The molecule has 0 saturated carbocycles. The van der Waals surface area contributed by atoms with Crippen LogP contribution < -0.4 is 0 Å². The smallest absolute Gasteiger partial charge is 0.227 e. The highest BCUT2D eigenvalue weighted by Gasteiger charge is 2.23. The lowest BCUT2D eigenvalue weighted by Crippen LogP contribution is -2.37. The first-order valence-corrected chi connectivity index (χ1v) is 8.27. The third kappa shape index (κ3) is 4.55. The Kier molecular flexibility index (Phi) is 5.43. The summed E-state index contributed by atoms with van der Waals surface area (Å²) in [4.78, 5) is 18.7. The number of hydrogen-bond acceptors (Lipinski definition) is 4. The summed E-state index contributed by atoms with van der Waals surface area (Å²) in [6.45, 7) is 1.94. The number of ether oxygens (including phenoxy) is 1. The number of amides is 1. The lowest BCUT2D eigenvalue weighted by atomic mass is 10.1. The summed E-state index contributed by atoms with van der Waals surface area (Å²) in [5.41, 5.74) is 1.95. The molecule has 0 bridgehead atoms. The van der Waals surface area contributed by atoms with Crippen LogP contribution in [0.2, 0.25) is 0 Å². The van der Waals surface area contributed by atoms with Crippen LogP contribution in [0.4, 0.5) is 0 Å². The van der Waals surface area contributed by atoms with E-state index in [-0.39, 0.29) is 17.8 Å². The highest BCUT2D eigenvalue weighted by Crippen LogP contribution is 2.17. The fourth-order valence-electron chi connectivity index (χ4n) is 2.90. The number of hydrogen-bond donors (Lipinski definition) is 1. The number of rotatable bonds is 6. The molecule has 2 heterocycles. The summed E-state index contributed by atoms with van der Waals surface area (Å²) in [5.74, 6) is 0.271. The van der Waals surface area contributed by atoms with E-state index < -0.39 is 0 Å². The molecular weight excluding hydrogens is 304 g/mol. The van der Waals surface area contributed by atoms with E-state index in [1.165, 1.54) is 0 Å². The van der Waals surface area contributed by atoms with E-state index in [1.54, 1.807) is 36.7 Å². The van der Waals surface area contributed by atoms with Crippen molar-refractivity contribution in [3.63, 3.8) is 0 Å². The zero-order valence-electron chi connectivity index (χ0n) is 13.6. The van der Waals surface area contributed by atoms with E-state index in [0.29, 0.717) is 19.5 Å². The molecule has 126 valence electrons. The fraction of sp³-hybridized carbons (Fsp3) is 0.368. The van der Waals surface area contributed by atoms with Gasteiger partial charge in [-0.3, -0.25) is 9.78 Å². The molecule has 0 unspecified atom stereocenters. The molecule has 24 heavy (non-hydrogen) atoms. The van der Waals surface area contributed by atoms with Gasteiger partial charge in [-0.15, -0.1) is 0 Å². The molecular formula is C19H22N2O3. The van der Waals surface area contributed by atoms with Gasteiger partial charge in [-0.25, -0.2) is 0 Å². The molecule has 0 aliphatic carbocycles. The maximum Gasteiger partial charge on any atom is 0.227 e. The van der Waals surface area contributed by atoms with Gasteiger partial charge in [0.25, 0.3) is 0 Å². The van der Waals surface area contributed by atoms with E-state index in [9.17, 15) is 9.90 Å². The number of carbonyl (C=O) groups is 1. The second-order valence-corrected chi connectivity index (χ2v) is 6.11. The first-order valence-electron chi connectivity index (χ1n) is 8.27. The molecule has 1 aromatic carbocycles. The Morgan fingerprint density at radius 3 is 2.58 bits per heavy atom. The van der Waals surface area contributed by atoms with Crippen LogP contribution in [-0.4, -0.2) is 40.2 Å². The van der Waals surface area contributed by atoms with Crippen LogP contribution in [0.3, 0.4) is 0 Å². The van der Waals surface area contributed by atoms with Crippen LogP contribution in [0.5, 0.6) is 5.75 Å². The van der Waals surface area contributed by atoms with Crippen LogP contribution in [0, 0.1) is 0 Å². The number of phenolic OH excluding ortho intramolecular Hbond substituents is 1. The predicted molar refractivity (Wildman–Crippen MR) is 90.4 cm³/mol. The fourth-order valence-corrected chi connectivity index (χ4v) is 2.90. The van der Waals surface area contributed by atoms with E-state index in [1.807, 2.05) is 17.0 Å². The van der Waals surface area contributed by atoms with Crippen molar-refractivity contribution in [3.05, 3.63) is 59.9 Å². The lowest BCUT2D eigenvalue weighted by molar-refractivity contribution is -0.132. The third-order valence-corrected chi connectivity index (χ3v) is 4.22. The highest BCUT2D eigenvalue weighted by atomic mass is 16.5. The summed E-state index contributed by atoms with van der Waals surface area (Å²) in [6, 6.07) is 10.6. The number of benzene rings is 1. The van der Waals surface area contributed by atoms with Gasteiger partial charge in [-0.05, 0) is 48.2 Å². The molecule has 1 aliphatic rings. The molecule has 0 radical (unpaired) electrons. The van der Waals surface area contributed by atoms with Gasteiger partial charge in [0.2, 0.25) is 5.91 Å². The molecule has 5 nitrogen and oxygen atoms in total. The summed E-state index contributed by atoms with van der Waals surface area (Å²) in [7, 11) is 0. The SMILES string of the molecule is O=C(Cc1ccc(O)cc1)N(Cc1ccncc1)C[C@@H]1CCCO1. The average Bonchev–Trinajstić information content (AvgIpc) is 3.10. The Bertz CT molecular complexity index is 652. The van der Waals surface area contributed by atoms with Crippen molar-refractivity contribution < 1.29 is 14.6 Å². The molecule has 5 heteroatoms. The quantitative estimate of drug-likeness (QED) is 0.886. The van der Waals surface area contributed by atoms with Gasteiger partial charge >= 0.3 is 0 Å². The highest BCUT2D eigenvalue weighted by molar-refractivity contribution is 5.78. The maximum atomic E-state index is 12.8. The van der Waals surface area contributed by atoms with Gasteiger partial charge in [0.05, 0.1) is 12.5 Å². The van der Waals surface area contributed by atoms with Crippen LogP contribution in [0.1, 0.15) is 24.0 Å². The van der Waals surface area contributed by atoms with Crippen LogP contribution in [0.15, 0.2) is 48.8 Å². The van der Waals surface area contributed by atoms with Crippen molar-refractivity contribution in [2.75, 3.05) is 13.2 Å². The van der Waals surface area contributed by atoms with Gasteiger partial charge in [-0.1, -0.05) is 12.1 Å². The largest absolute Gasteiger partial charge is 0.508 e. The van der Waals surface area contributed by atoms with Crippen LogP contribution in [-0.2, 0) is 22.5 Å².